The van der Waals surface area contributed by atoms with E-state index in [1.165, 1.54) is 25.7 Å². The molecule has 0 heterocycles. The summed E-state index contributed by atoms with van der Waals surface area (Å²) in [5, 5.41) is 0. The molecule has 0 aromatic rings. The van der Waals surface area contributed by atoms with Crippen molar-refractivity contribution in [2.24, 2.45) is 23.3 Å². The molecule has 4 N–H and O–H groups in total. The summed E-state index contributed by atoms with van der Waals surface area (Å²) in [4.78, 5) is 0. The van der Waals surface area contributed by atoms with Gasteiger partial charge in [-0.2, -0.15) is 0 Å². The van der Waals surface area contributed by atoms with Crippen molar-refractivity contribution >= 4 is 0 Å². The third-order valence-corrected chi connectivity index (χ3v) is 3.35. The van der Waals surface area contributed by atoms with Crippen molar-refractivity contribution in [3.05, 3.63) is 0 Å². The van der Waals surface area contributed by atoms with Gasteiger partial charge in [-0.05, 0) is 37.5 Å². The van der Waals surface area contributed by atoms with Crippen LogP contribution in [0.2, 0.25) is 0 Å². The van der Waals surface area contributed by atoms with Crippen molar-refractivity contribution in [3.8, 4) is 0 Å². The maximum absolute atomic E-state index is 5.94. The van der Waals surface area contributed by atoms with Crippen LogP contribution in [-0.4, -0.2) is 12.1 Å². The second-order valence-corrected chi connectivity index (χ2v) is 3.83. The van der Waals surface area contributed by atoms with Crippen molar-refractivity contribution < 1.29 is 0 Å². The standard InChI is InChI=1S/C8H16N2/c9-7-5-1-2-6(4-3-5)8(7)10/h5-8H,1-4,9-10H2/t5?,6?,7-,8-/m0/s1. The van der Waals surface area contributed by atoms with E-state index in [-0.39, 0.29) is 0 Å². The van der Waals surface area contributed by atoms with E-state index in [1.54, 1.807) is 0 Å². The topological polar surface area (TPSA) is 52.0 Å². The average Bonchev–Trinajstić information content (AvgIpc) is 2.00. The van der Waals surface area contributed by atoms with Gasteiger partial charge in [0.15, 0.2) is 0 Å². The Bertz CT molecular complexity index is 107. The number of hydrogen-bond acceptors (Lipinski definition) is 2. The maximum atomic E-state index is 5.94. The Morgan fingerprint density at radius 2 is 1.00 bits per heavy atom. The zero-order chi connectivity index (χ0) is 7.14. The summed E-state index contributed by atoms with van der Waals surface area (Å²) >= 11 is 0. The smallest absolute Gasteiger partial charge is 0.0223 e. The van der Waals surface area contributed by atoms with Crippen LogP contribution in [0.3, 0.4) is 0 Å². The molecule has 2 heteroatoms. The van der Waals surface area contributed by atoms with E-state index in [2.05, 4.69) is 0 Å². The van der Waals surface area contributed by atoms with E-state index in [0.717, 1.165) is 11.8 Å². The Morgan fingerprint density at radius 1 is 0.700 bits per heavy atom. The summed E-state index contributed by atoms with van der Waals surface area (Å²) in [5.41, 5.74) is 11.9. The van der Waals surface area contributed by atoms with Crippen LogP contribution in [0, 0.1) is 11.8 Å². The fourth-order valence-corrected chi connectivity index (χ4v) is 2.54. The number of nitrogens with two attached hydrogens (primary N) is 2. The third-order valence-electron chi connectivity index (χ3n) is 3.35. The van der Waals surface area contributed by atoms with Crippen molar-refractivity contribution in [1.82, 2.24) is 0 Å². The summed E-state index contributed by atoms with van der Waals surface area (Å²) in [5.74, 6) is 1.50. The highest BCUT2D eigenvalue weighted by Gasteiger charge is 2.39. The summed E-state index contributed by atoms with van der Waals surface area (Å²) in [6.45, 7) is 0. The minimum absolute atomic E-state index is 0.312. The van der Waals surface area contributed by atoms with Crippen LogP contribution in [-0.2, 0) is 0 Å². The Balaban J connectivity index is 2.13. The highest BCUT2D eigenvalue weighted by Crippen LogP contribution is 2.39. The fourth-order valence-electron chi connectivity index (χ4n) is 2.54. The molecule has 0 unspecified atom stereocenters. The van der Waals surface area contributed by atoms with E-state index in [1.807, 2.05) is 0 Å². The monoisotopic (exact) mass is 140 g/mol. The van der Waals surface area contributed by atoms with E-state index in [0.29, 0.717) is 12.1 Å². The fraction of sp³-hybridized carbons (Fsp3) is 1.00. The molecule has 0 amide bonds. The Kier molecular flexibility index (Phi) is 1.46. The molecule has 0 aromatic heterocycles. The molecular formula is C8H16N2. The van der Waals surface area contributed by atoms with Gasteiger partial charge in [-0.1, -0.05) is 0 Å². The average molecular weight is 140 g/mol. The molecule has 3 rings (SSSR count). The van der Waals surface area contributed by atoms with Crippen LogP contribution in [0.5, 0.6) is 0 Å². The molecule has 0 saturated heterocycles. The van der Waals surface area contributed by atoms with Gasteiger partial charge in [-0.15, -0.1) is 0 Å². The zero-order valence-electron chi connectivity index (χ0n) is 6.29. The predicted octanol–water partition coefficient (Wildman–Crippen LogP) is 0.461. The lowest BCUT2D eigenvalue weighted by molar-refractivity contribution is 0.119. The van der Waals surface area contributed by atoms with E-state index in [9.17, 15) is 0 Å². The van der Waals surface area contributed by atoms with Crippen LogP contribution in [0.4, 0.5) is 0 Å². The number of hydrogen-bond donors (Lipinski definition) is 2. The molecule has 58 valence electrons. The first kappa shape index (κ1) is 6.62. The number of rotatable bonds is 0. The first-order chi connectivity index (χ1) is 4.79. The first-order valence-electron chi connectivity index (χ1n) is 4.30. The van der Waals surface area contributed by atoms with Gasteiger partial charge in [0.25, 0.3) is 0 Å². The SMILES string of the molecule is N[C@H]1C2CCC(CC2)[C@@H]1N. The lowest BCUT2D eigenvalue weighted by Crippen LogP contribution is -2.57. The number of fused-ring (bicyclic) bond motifs is 3. The maximum Gasteiger partial charge on any atom is 0.0223 e. The normalized spacial score (nSPS) is 53.4. The van der Waals surface area contributed by atoms with Crippen molar-refractivity contribution in [2.45, 2.75) is 37.8 Å². The second-order valence-electron chi connectivity index (χ2n) is 3.83. The van der Waals surface area contributed by atoms with Gasteiger partial charge in [-0.3, -0.25) is 0 Å². The summed E-state index contributed by atoms with van der Waals surface area (Å²) in [6.07, 6.45) is 5.33. The van der Waals surface area contributed by atoms with Crippen molar-refractivity contribution in [1.29, 1.82) is 0 Å². The molecule has 0 spiro atoms. The van der Waals surface area contributed by atoms with E-state index >= 15 is 0 Å². The highest BCUT2D eigenvalue weighted by molar-refractivity contribution is 4.97. The van der Waals surface area contributed by atoms with E-state index in [4.69, 9.17) is 11.5 Å². The highest BCUT2D eigenvalue weighted by atomic mass is 14.8. The van der Waals surface area contributed by atoms with Crippen molar-refractivity contribution in [2.75, 3.05) is 0 Å². The van der Waals surface area contributed by atoms with Crippen molar-refractivity contribution in [3.63, 3.8) is 0 Å². The van der Waals surface area contributed by atoms with Gasteiger partial charge in [0.05, 0.1) is 0 Å². The molecule has 3 aliphatic rings. The zero-order valence-corrected chi connectivity index (χ0v) is 6.29. The molecule has 2 bridgehead atoms. The molecular weight excluding hydrogens is 124 g/mol. The molecule has 3 saturated carbocycles. The lowest BCUT2D eigenvalue weighted by Gasteiger charge is -2.45. The quantitative estimate of drug-likeness (QED) is 0.513. The molecule has 0 aliphatic heterocycles. The van der Waals surface area contributed by atoms with Gasteiger partial charge in [0, 0.05) is 12.1 Å². The van der Waals surface area contributed by atoms with Gasteiger partial charge in [0.2, 0.25) is 0 Å². The molecule has 10 heavy (non-hydrogen) atoms. The van der Waals surface area contributed by atoms with Crippen LogP contribution in [0.1, 0.15) is 25.7 Å². The van der Waals surface area contributed by atoms with Crippen LogP contribution in [0.15, 0.2) is 0 Å². The molecule has 3 aliphatic carbocycles. The summed E-state index contributed by atoms with van der Waals surface area (Å²) in [7, 11) is 0. The third kappa shape index (κ3) is 0.789. The van der Waals surface area contributed by atoms with E-state index < -0.39 is 0 Å². The molecule has 2 atom stereocenters. The summed E-state index contributed by atoms with van der Waals surface area (Å²) in [6, 6.07) is 0.625. The first-order valence-corrected chi connectivity index (χ1v) is 4.30. The minimum Gasteiger partial charge on any atom is -0.326 e. The summed E-state index contributed by atoms with van der Waals surface area (Å²) < 4.78 is 0. The minimum atomic E-state index is 0.312. The predicted molar refractivity (Wildman–Crippen MR) is 41.4 cm³/mol. The molecule has 0 aromatic carbocycles. The van der Waals surface area contributed by atoms with Gasteiger partial charge in [-0.25, -0.2) is 0 Å². The van der Waals surface area contributed by atoms with Gasteiger partial charge in [0.1, 0.15) is 0 Å². The molecule has 0 radical (unpaired) electrons. The second kappa shape index (κ2) is 2.21. The molecule has 3 fully saturated rings. The van der Waals surface area contributed by atoms with Crippen LogP contribution in [0.25, 0.3) is 0 Å². The Labute approximate surface area is 62.0 Å². The molecule has 2 nitrogen and oxygen atoms in total. The van der Waals surface area contributed by atoms with Gasteiger partial charge >= 0.3 is 0 Å². The van der Waals surface area contributed by atoms with Crippen LogP contribution < -0.4 is 11.5 Å². The Morgan fingerprint density at radius 3 is 1.20 bits per heavy atom. The van der Waals surface area contributed by atoms with Gasteiger partial charge < -0.3 is 11.5 Å². The van der Waals surface area contributed by atoms with Crippen LogP contribution >= 0.6 is 0 Å². The lowest BCUT2D eigenvalue weighted by atomic mass is 9.65. The Hall–Kier alpha value is -0.0800. The largest absolute Gasteiger partial charge is 0.326 e.